The van der Waals surface area contributed by atoms with Crippen molar-refractivity contribution in [1.29, 1.82) is 0 Å². The number of methoxy groups -OCH3 is 2. The summed E-state index contributed by atoms with van der Waals surface area (Å²) in [5.74, 6) is -3.83. The van der Waals surface area contributed by atoms with Crippen LogP contribution in [0.1, 0.15) is 127 Å². The first-order valence-electron chi connectivity index (χ1n) is 19.8. The Kier molecular flexibility index (Phi) is 22.4. The zero-order chi connectivity index (χ0) is 45.8. The lowest BCUT2D eigenvalue weighted by molar-refractivity contribution is -0.149. The Morgan fingerprint density at radius 2 is 0.700 bits per heavy atom. The zero-order valence-electron chi connectivity index (χ0n) is 36.9. The van der Waals surface area contributed by atoms with E-state index in [0.29, 0.717) is 38.9 Å². The topological polar surface area (TPSA) is 231 Å². The molecule has 0 unspecified atom stereocenters. The van der Waals surface area contributed by atoms with Crippen LogP contribution in [0.3, 0.4) is 0 Å². The molecule has 1 rings (SSSR count). The smallest absolute Gasteiger partial charge is 0.338 e. The first kappa shape index (κ1) is 53.9. The fourth-order valence-corrected chi connectivity index (χ4v) is 5.64. The SMILES string of the molecule is COCC(C)(C)COC(=O)CCCCC(=O)OCC(C)(C)COC(=O)c1cc(C(=O)OCC(C)(C)COC(=O)CCCCC(=O)OCC(C)(C)COC)cc(S(=O)(=O)O)c1. The van der Waals surface area contributed by atoms with Gasteiger partial charge in [-0.25, -0.2) is 9.59 Å². The maximum atomic E-state index is 13.0. The normalized spacial score (nSPS) is 12.3. The Labute approximate surface area is 354 Å². The maximum Gasteiger partial charge on any atom is 0.338 e. The highest BCUT2D eigenvalue weighted by atomic mass is 32.2. The van der Waals surface area contributed by atoms with Gasteiger partial charge in [0.1, 0.15) is 0 Å². The van der Waals surface area contributed by atoms with Crippen LogP contribution >= 0.6 is 0 Å². The van der Waals surface area contributed by atoms with Crippen molar-refractivity contribution in [3.05, 3.63) is 29.3 Å². The van der Waals surface area contributed by atoms with Crippen LogP contribution in [0.5, 0.6) is 0 Å². The minimum absolute atomic E-state index is 0.0539. The summed E-state index contributed by atoms with van der Waals surface area (Å²) in [5.41, 5.74) is -3.13. The van der Waals surface area contributed by atoms with Crippen LogP contribution in [0, 0.1) is 21.7 Å². The molecule has 17 nitrogen and oxygen atoms in total. The molecular formula is C42H66O17S. The lowest BCUT2D eigenvalue weighted by atomic mass is 9.96. The summed E-state index contributed by atoms with van der Waals surface area (Å²) < 4.78 is 76.0. The number of rotatable bonds is 29. The van der Waals surface area contributed by atoms with E-state index in [1.165, 1.54) is 0 Å². The molecule has 0 aliphatic carbocycles. The average molecular weight is 875 g/mol. The van der Waals surface area contributed by atoms with Crippen LogP contribution in [-0.2, 0) is 67.2 Å². The third kappa shape index (κ3) is 23.6. The van der Waals surface area contributed by atoms with Gasteiger partial charge in [-0.3, -0.25) is 23.7 Å². The van der Waals surface area contributed by atoms with Gasteiger partial charge in [0.05, 0.1) is 68.9 Å². The van der Waals surface area contributed by atoms with Crippen LogP contribution in [0.25, 0.3) is 0 Å². The number of ether oxygens (including phenoxy) is 8. The van der Waals surface area contributed by atoms with Gasteiger partial charge in [-0.15, -0.1) is 0 Å². The number of hydrogen-bond donors (Lipinski definition) is 1. The number of unbranched alkanes of at least 4 members (excludes halogenated alkanes) is 2. The van der Waals surface area contributed by atoms with E-state index in [2.05, 4.69) is 0 Å². The molecule has 0 saturated heterocycles. The second-order valence-electron chi connectivity index (χ2n) is 18.0. The Morgan fingerprint density at radius 1 is 0.450 bits per heavy atom. The van der Waals surface area contributed by atoms with Crippen LogP contribution < -0.4 is 0 Å². The minimum Gasteiger partial charge on any atom is -0.465 e. The monoisotopic (exact) mass is 874 g/mol. The summed E-state index contributed by atoms with van der Waals surface area (Å²) in [4.78, 5) is 74.1. The number of carbonyl (C=O) groups is 6. The van der Waals surface area contributed by atoms with Crippen LogP contribution in [0.4, 0.5) is 0 Å². The summed E-state index contributed by atoms with van der Waals surface area (Å²) in [7, 11) is -1.74. The van der Waals surface area contributed by atoms with Crippen molar-refractivity contribution in [2.75, 3.05) is 67.1 Å². The van der Waals surface area contributed by atoms with Crippen molar-refractivity contribution in [3.63, 3.8) is 0 Å². The molecule has 0 amide bonds. The Bertz CT molecular complexity index is 1590. The van der Waals surface area contributed by atoms with Gasteiger partial charge in [-0.2, -0.15) is 8.42 Å². The molecule has 0 spiro atoms. The van der Waals surface area contributed by atoms with Crippen LogP contribution in [0.15, 0.2) is 23.1 Å². The van der Waals surface area contributed by atoms with E-state index in [1.54, 1.807) is 41.9 Å². The molecule has 0 saturated carbocycles. The van der Waals surface area contributed by atoms with E-state index in [0.717, 1.165) is 18.2 Å². The highest BCUT2D eigenvalue weighted by Gasteiger charge is 2.28. The molecule has 0 aliphatic rings. The summed E-state index contributed by atoms with van der Waals surface area (Å²) >= 11 is 0. The molecule has 1 aromatic carbocycles. The minimum atomic E-state index is -4.88. The lowest BCUT2D eigenvalue weighted by Crippen LogP contribution is -2.29. The van der Waals surface area contributed by atoms with E-state index < -0.39 is 49.7 Å². The van der Waals surface area contributed by atoms with E-state index in [-0.39, 0.29) is 99.2 Å². The van der Waals surface area contributed by atoms with Gasteiger partial charge >= 0.3 is 35.8 Å². The highest BCUT2D eigenvalue weighted by molar-refractivity contribution is 7.85. The first-order chi connectivity index (χ1) is 27.7. The quantitative estimate of drug-likeness (QED) is 0.0425. The molecular weight excluding hydrogens is 809 g/mol. The molecule has 0 aliphatic heterocycles. The zero-order valence-corrected chi connectivity index (χ0v) is 37.7. The Morgan fingerprint density at radius 3 is 0.950 bits per heavy atom. The molecule has 0 bridgehead atoms. The number of esters is 6. The van der Waals surface area contributed by atoms with Crippen molar-refractivity contribution in [1.82, 2.24) is 0 Å². The van der Waals surface area contributed by atoms with E-state index in [9.17, 15) is 41.7 Å². The van der Waals surface area contributed by atoms with Crippen molar-refractivity contribution >= 4 is 45.9 Å². The van der Waals surface area contributed by atoms with Gasteiger partial charge in [0.15, 0.2) is 0 Å². The van der Waals surface area contributed by atoms with Crippen molar-refractivity contribution < 1.29 is 79.6 Å². The predicted octanol–water partition coefficient (Wildman–Crippen LogP) is 5.94. The molecule has 1 N–H and O–H groups in total. The number of benzene rings is 1. The second-order valence-corrected chi connectivity index (χ2v) is 19.4. The average Bonchev–Trinajstić information content (AvgIpc) is 3.15. The second kappa shape index (κ2) is 25.0. The molecule has 0 fully saturated rings. The van der Waals surface area contributed by atoms with Crippen molar-refractivity contribution in [2.24, 2.45) is 21.7 Å². The van der Waals surface area contributed by atoms with E-state index in [4.69, 9.17) is 37.9 Å². The molecule has 18 heteroatoms. The molecule has 0 aromatic heterocycles. The summed E-state index contributed by atoms with van der Waals surface area (Å²) in [6.07, 6.45) is 2.02. The van der Waals surface area contributed by atoms with Gasteiger partial charge in [-0.05, 0) is 43.9 Å². The number of hydrogen-bond acceptors (Lipinski definition) is 16. The van der Waals surface area contributed by atoms with E-state index in [1.807, 2.05) is 27.7 Å². The van der Waals surface area contributed by atoms with Gasteiger partial charge in [-0.1, -0.05) is 55.4 Å². The standard InChI is InChI=1S/C42H66O17S/c1-39(2,22-52-9)24-54-33(43)15-11-13-17-35(45)56-26-41(5,6)28-58-37(47)30-19-31(21-32(20-30)60(49,50)51)38(48)59-29-42(7,8)27-57-36(46)18-14-12-16-34(44)55-25-40(3,4)23-53-10/h19-21H,11-18,22-29H2,1-10H3,(H,49,50,51). The highest BCUT2D eigenvalue weighted by Crippen LogP contribution is 2.23. The summed E-state index contributed by atoms with van der Waals surface area (Å²) in [6, 6.07) is 2.73. The van der Waals surface area contributed by atoms with Crippen LogP contribution in [-0.4, -0.2) is 116 Å². The summed E-state index contributed by atoms with van der Waals surface area (Å²) in [5, 5.41) is 0. The predicted molar refractivity (Wildman–Crippen MR) is 216 cm³/mol. The largest absolute Gasteiger partial charge is 0.465 e. The molecule has 60 heavy (non-hydrogen) atoms. The fraction of sp³-hybridized carbons (Fsp3) is 0.714. The molecule has 0 heterocycles. The van der Waals surface area contributed by atoms with Gasteiger partial charge in [0, 0.05) is 61.6 Å². The molecule has 1 aromatic rings. The van der Waals surface area contributed by atoms with Gasteiger partial charge in [0.2, 0.25) is 0 Å². The van der Waals surface area contributed by atoms with Crippen molar-refractivity contribution in [2.45, 2.75) is 112 Å². The van der Waals surface area contributed by atoms with Gasteiger partial charge in [0.25, 0.3) is 10.1 Å². The Hall–Kier alpha value is -4.13. The van der Waals surface area contributed by atoms with Gasteiger partial charge < -0.3 is 37.9 Å². The lowest BCUT2D eigenvalue weighted by Gasteiger charge is -2.24. The number of carbonyl (C=O) groups excluding carboxylic acids is 6. The molecule has 0 atom stereocenters. The van der Waals surface area contributed by atoms with Crippen molar-refractivity contribution in [3.8, 4) is 0 Å². The molecule has 0 radical (unpaired) electrons. The third-order valence-electron chi connectivity index (χ3n) is 8.45. The van der Waals surface area contributed by atoms with E-state index >= 15 is 0 Å². The first-order valence-corrected chi connectivity index (χ1v) is 21.2. The molecule has 342 valence electrons. The third-order valence-corrected chi connectivity index (χ3v) is 9.28. The fourth-order valence-electron chi connectivity index (χ4n) is 5.09. The summed E-state index contributed by atoms with van der Waals surface area (Å²) in [6.45, 7) is 14.8. The maximum absolute atomic E-state index is 13.0. The van der Waals surface area contributed by atoms with Crippen LogP contribution in [0.2, 0.25) is 0 Å². The Balaban J connectivity index is 2.63.